The fraction of sp³-hybridized carbons (Fsp3) is 0.933. The number of hydrogen-bond donors (Lipinski definition) is 3. The van der Waals surface area contributed by atoms with E-state index in [2.05, 4.69) is 19.2 Å². The van der Waals surface area contributed by atoms with Gasteiger partial charge in [-0.25, -0.2) is 0 Å². The minimum Gasteiger partial charge on any atom is -0.466 e. The molecular formula is C60H117NO5. The van der Waals surface area contributed by atoms with Crippen molar-refractivity contribution in [2.75, 3.05) is 13.2 Å². The van der Waals surface area contributed by atoms with Gasteiger partial charge in [0.2, 0.25) is 5.91 Å². The van der Waals surface area contributed by atoms with Crippen LogP contribution < -0.4 is 5.32 Å². The molecule has 1 amide bonds. The number of esters is 1. The normalized spacial score (nSPS) is 12.6. The van der Waals surface area contributed by atoms with Gasteiger partial charge in [-0.2, -0.15) is 0 Å². The topological polar surface area (TPSA) is 95.9 Å². The number of rotatable bonds is 56. The minimum atomic E-state index is -0.855. The van der Waals surface area contributed by atoms with Crippen molar-refractivity contribution in [3.63, 3.8) is 0 Å². The summed E-state index contributed by atoms with van der Waals surface area (Å²) in [5, 5.41) is 23.2. The number of aliphatic hydroxyl groups is 2. The number of amides is 1. The number of nitrogens with one attached hydrogen (secondary N) is 1. The molecule has 2 unspecified atom stereocenters. The summed E-state index contributed by atoms with van der Waals surface area (Å²) >= 11 is 0. The number of unbranched alkanes of at least 4 members (excludes halogenated alkanes) is 45. The Hall–Kier alpha value is -1.40. The molecule has 0 saturated heterocycles. The Labute approximate surface area is 412 Å². The Kier molecular flexibility index (Phi) is 55.0. The molecule has 6 heteroatoms. The van der Waals surface area contributed by atoms with Crippen LogP contribution in [0.2, 0.25) is 0 Å². The molecule has 0 aromatic carbocycles. The summed E-state index contributed by atoms with van der Waals surface area (Å²) in [6, 6.07) is -0.639. The highest BCUT2D eigenvalue weighted by Gasteiger charge is 2.18. The minimum absolute atomic E-state index is 0.00821. The average Bonchev–Trinajstić information content (AvgIpc) is 3.32. The van der Waals surface area contributed by atoms with Gasteiger partial charge in [-0.05, 0) is 32.1 Å². The second kappa shape index (κ2) is 56.2. The van der Waals surface area contributed by atoms with E-state index in [4.69, 9.17) is 4.74 Å². The summed E-state index contributed by atoms with van der Waals surface area (Å²) in [6.45, 7) is 4.90. The predicted molar refractivity (Wildman–Crippen MR) is 287 cm³/mol. The van der Waals surface area contributed by atoms with Crippen molar-refractivity contribution < 1.29 is 24.5 Å². The third-order valence-electron chi connectivity index (χ3n) is 14.1. The number of hydrogen-bond acceptors (Lipinski definition) is 5. The van der Waals surface area contributed by atoms with E-state index in [1.807, 2.05) is 6.08 Å². The Morgan fingerprint density at radius 2 is 0.697 bits per heavy atom. The van der Waals surface area contributed by atoms with Gasteiger partial charge in [0.1, 0.15) is 0 Å². The van der Waals surface area contributed by atoms with E-state index in [-0.39, 0.29) is 18.5 Å². The molecule has 0 heterocycles. The first-order valence-electron chi connectivity index (χ1n) is 30.0. The van der Waals surface area contributed by atoms with E-state index in [0.29, 0.717) is 19.4 Å². The number of ether oxygens (including phenoxy) is 1. The smallest absolute Gasteiger partial charge is 0.305 e. The maximum atomic E-state index is 12.5. The van der Waals surface area contributed by atoms with Crippen LogP contribution in [0.4, 0.5) is 0 Å². The number of carbonyl (C=O) groups excluding carboxylic acids is 2. The van der Waals surface area contributed by atoms with E-state index in [1.54, 1.807) is 6.08 Å². The number of carbonyl (C=O) groups is 2. The third-order valence-corrected chi connectivity index (χ3v) is 14.1. The highest BCUT2D eigenvalue weighted by molar-refractivity contribution is 5.76. The lowest BCUT2D eigenvalue weighted by Crippen LogP contribution is -2.45. The molecule has 0 bridgehead atoms. The largest absolute Gasteiger partial charge is 0.466 e. The second-order valence-corrected chi connectivity index (χ2v) is 20.7. The molecule has 6 nitrogen and oxygen atoms in total. The van der Waals surface area contributed by atoms with E-state index in [1.165, 1.54) is 250 Å². The Bertz CT molecular complexity index is 986. The van der Waals surface area contributed by atoms with Gasteiger partial charge in [-0.1, -0.05) is 302 Å². The summed E-state index contributed by atoms with van der Waals surface area (Å²) in [5.74, 6) is -0.0876. The van der Waals surface area contributed by atoms with Crippen LogP contribution in [0.1, 0.15) is 335 Å². The number of allylic oxidation sites excluding steroid dienone is 1. The second-order valence-electron chi connectivity index (χ2n) is 20.7. The zero-order valence-electron chi connectivity index (χ0n) is 44.7. The van der Waals surface area contributed by atoms with Crippen molar-refractivity contribution in [1.29, 1.82) is 0 Å². The summed E-state index contributed by atoms with van der Waals surface area (Å²) in [4.78, 5) is 24.5. The zero-order valence-corrected chi connectivity index (χ0v) is 44.7. The van der Waals surface area contributed by atoms with E-state index >= 15 is 0 Å². The van der Waals surface area contributed by atoms with Gasteiger partial charge >= 0.3 is 5.97 Å². The first-order valence-corrected chi connectivity index (χ1v) is 30.0. The third kappa shape index (κ3) is 52.0. The quantitative estimate of drug-likeness (QED) is 0.0321. The highest BCUT2D eigenvalue weighted by Crippen LogP contribution is 2.18. The summed E-state index contributed by atoms with van der Waals surface area (Å²) in [5.41, 5.74) is 0. The lowest BCUT2D eigenvalue weighted by Gasteiger charge is -2.20. The molecule has 66 heavy (non-hydrogen) atoms. The van der Waals surface area contributed by atoms with Crippen LogP contribution in [0, 0.1) is 0 Å². The van der Waals surface area contributed by atoms with Crippen LogP contribution >= 0.6 is 0 Å². The Balaban J connectivity index is 3.48. The van der Waals surface area contributed by atoms with E-state index in [9.17, 15) is 19.8 Å². The number of aliphatic hydroxyl groups excluding tert-OH is 2. The molecule has 0 spiro atoms. The summed E-state index contributed by atoms with van der Waals surface area (Å²) in [6.07, 6.45) is 66.7. The van der Waals surface area contributed by atoms with Crippen molar-refractivity contribution in [2.24, 2.45) is 0 Å². The lowest BCUT2D eigenvalue weighted by atomic mass is 10.0. The zero-order chi connectivity index (χ0) is 47.9. The molecule has 2 atom stereocenters. The SMILES string of the molecule is CCCCCCCCCCCCCCCCCCCCCCCC/C=C/C(O)C(CO)NC(=O)CCCCCCCCCCCCCCOC(=O)CCCCCCCCCCCCCCC. The molecule has 0 aliphatic rings. The van der Waals surface area contributed by atoms with E-state index < -0.39 is 12.1 Å². The fourth-order valence-corrected chi connectivity index (χ4v) is 9.46. The summed E-state index contributed by atoms with van der Waals surface area (Å²) < 4.78 is 5.46. The lowest BCUT2D eigenvalue weighted by molar-refractivity contribution is -0.143. The maximum absolute atomic E-state index is 12.5. The average molecular weight is 933 g/mol. The van der Waals surface area contributed by atoms with Crippen LogP contribution in [0.3, 0.4) is 0 Å². The van der Waals surface area contributed by atoms with Crippen molar-refractivity contribution in [1.82, 2.24) is 5.32 Å². The van der Waals surface area contributed by atoms with Gasteiger partial charge in [0.25, 0.3) is 0 Å². The standard InChI is InChI=1S/C60H117NO5/c1-3-5-7-9-11-13-15-17-18-19-20-21-22-23-24-25-26-27-29-32-36-40-44-48-52-58(63)57(56-62)61-59(64)53-49-45-41-37-33-30-31-35-39-43-47-51-55-66-60(65)54-50-46-42-38-34-28-16-14-12-10-8-6-4-2/h48,52,57-58,62-63H,3-47,49-51,53-56H2,1-2H3,(H,61,64)/b52-48+. The van der Waals surface area contributed by atoms with E-state index in [0.717, 1.165) is 57.8 Å². The molecule has 0 rings (SSSR count). The van der Waals surface area contributed by atoms with Crippen molar-refractivity contribution in [3.05, 3.63) is 12.2 Å². The van der Waals surface area contributed by atoms with Gasteiger partial charge in [-0.3, -0.25) is 9.59 Å². The molecule has 392 valence electrons. The van der Waals surface area contributed by atoms with Crippen molar-refractivity contribution in [2.45, 2.75) is 347 Å². The van der Waals surface area contributed by atoms with Gasteiger partial charge in [-0.15, -0.1) is 0 Å². The highest BCUT2D eigenvalue weighted by atomic mass is 16.5. The Morgan fingerprint density at radius 3 is 1.03 bits per heavy atom. The molecule has 0 radical (unpaired) electrons. The van der Waals surface area contributed by atoms with Gasteiger partial charge in [0, 0.05) is 12.8 Å². The van der Waals surface area contributed by atoms with Crippen molar-refractivity contribution >= 4 is 11.9 Å². The van der Waals surface area contributed by atoms with Gasteiger partial charge < -0.3 is 20.3 Å². The van der Waals surface area contributed by atoms with Crippen LogP contribution in [0.5, 0.6) is 0 Å². The fourth-order valence-electron chi connectivity index (χ4n) is 9.46. The van der Waals surface area contributed by atoms with Gasteiger partial charge in [0.15, 0.2) is 0 Å². The molecule has 0 saturated carbocycles. The van der Waals surface area contributed by atoms with Crippen LogP contribution in [-0.2, 0) is 14.3 Å². The maximum Gasteiger partial charge on any atom is 0.305 e. The Morgan fingerprint density at radius 1 is 0.409 bits per heavy atom. The molecular weight excluding hydrogens is 815 g/mol. The first-order chi connectivity index (χ1) is 32.5. The molecule has 0 aliphatic heterocycles. The van der Waals surface area contributed by atoms with Crippen molar-refractivity contribution in [3.8, 4) is 0 Å². The monoisotopic (exact) mass is 932 g/mol. The first kappa shape index (κ1) is 64.6. The van der Waals surface area contributed by atoms with Crippen LogP contribution in [-0.4, -0.2) is 47.4 Å². The predicted octanol–water partition coefficient (Wildman–Crippen LogP) is 18.5. The van der Waals surface area contributed by atoms with Crippen LogP contribution in [0.25, 0.3) is 0 Å². The molecule has 0 aromatic rings. The molecule has 0 fully saturated rings. The molecule has 0 aromatic heterocycles. The summed E-state index contributed by atoms with van der Waals surface area (Å²) in [7, 11) is 0. The van der Waals surface area contributed by atoms with Gasteiger partial charge in [0.05, 0.1) is 25.4 Å². The molecule has 0 aliphatic carbocycles. The molecule has 3 N–H and O–H groups in total. The van der Waals surface area contributed by atoms with Crippen LogP contribution in [0.15, 0.2) is 12.2 Å².